The van der Waals surface area contributed by atoms with Gasteiger partial charge in [0.1, 0.15) is 0 Å². The maximum atomic E-state index is 12.2. The number of hydrogen-bond acceptors (Lipinski definition) is 4. The van der Waals surface area contributed by atoms with Crippen LogP contribution >= 0.6 is 11.6 Å². The quantitative estimate of drug-likeness (QED) is 0.845. The van der Waals surface area contributed by atoms with Crippen LogP contribution in [0.1, 0.15) is 11.3 Å². The zero-order valence-electron chi connectivity index (χ0n) is 9.62. The van der Waals surface area contributed by atoms with Crippen molar-refractivity contribution in [2.24, 2.45) is 0 Å². The van der Waals surface area contributed by atoms with Gasteiger partial charge in [-0.25, -0.2) is 4.98 Å². The summed E-state index contributed by atoms with van der Waals surface area (Å²) >= 11 is 5.57. The molecule has 1 rings (SSSR count). The van der Waals surface area contributed by atoms with E-state index in [1.54, 1.807) is 0 Å². The van der Waals surface area contributed by atoms with Crippen LogP contribution in [0.15, 0.2) is 6.07 Å². The van der Waals surface area contributed by atoms with Crippen molar-refractivity contribution in [3.05, 3.63) is 17.3 Å². The molecule has 0 atom stereocenters. The summed E-state index contributed by atoms with van der Waals surface area (Å²) in [5.41, 5.74) is 0.0536. The lowest BCUT2D eigenvalue weighted by molar-refractivity contribution is -0.276. The van der Waals surface area contributed by atoms with Crippen LogP contribution in [0, 0.1) is 0 Å². The minimum atomic E-state index is -4.97. The van der Waals surface area contributed by atoms with Gasteiger partial charge in [0.2, 0.25) is 0 Å². The lowest BCUT2D eigenvalue weighted by Crippen LogP contribution is -2.19. The highest BCUT2D eigenvalue weighted by Gasteiger charge is 2.34. The molecule has 0 aliphatic carbocycles. The number of carbonyl (C=O) groups is 1. The molecule has 0 unspecified atom stereocenters. The summed E-state index contributed by atoms with van der Waals surface area (Å²) in [5.74, 6) is -2.55. The molecule has 0 radical (unpaired) electrons. The highest BCUT2D eigenvalue weighted by Crippen LogP contribution is 2.34. The van der Waals surface area contributed by atoms with Gasteiger partial charge >= 0.3 is 12.3 Å². The van der Waals surface area contributed by atoms with Gasteiger partial charge in [-0.1, -0.05) is 0 Å². The maximum Gasteiger partial charge on any atom is 0.574 e. The Morgan fingerprint density at radius 2 is 2.16 bits per heavy atom. The van der Waals surface area contributed by atoms with E-state index < -0.39 is 24.6 Å². The van der Waals surface area contributed by atoms with E-state index in [0.717, 1.165) is 7.11 Å². The van der Waals surface area contributed by atoms with Gasteiger partial charge in [0, 0.05) is 5.56 Å². The summed E-state index contributed by atoms with van der Waals surface area (Å²) in [6.45, 7) is 0. The number of rotatable bonds is 5. The predicted octanol–water partition coefficient (Wildman–Crippen LogP) is 2.35. The zero-order valence-corrected chi connectivity index (χ0v) is 10.4. The molecule has 1 heterocycles. The molecule has 19 heavy (non-hydrogen) atoms. The largest absolute Gasteiger partial charge is 0.574 e. The van der Waals surface area contributed by atoms with E-state index in [0.29, 0.717) is 0 Å². The molecule has 1 N–H and O–H groups in total. The second-order valence-electron chi connectivity index (χ2n) is 3.36. The normalized spacial score (nSPS) is 11.2. The average Bonchev–Trinajstić information content (AvgIpc) is 2.25. The molecule has 0 amide bonds. The van der Waals surface area contributed by atoms with Crippen LogP contribution in [-0.2, 0) is 17.1 Å². The van der Waals surface area contributed by atoms with Crippen molar-refractivity contribution in [1.29, 1.82) is 0 Å². The summed E-state index contributed by atoms with van der Waals surface area (Å²) in [6, 6.07) is 1.25. The van der Waals surface area contributed by atoms with E-state index in [1.807, 2.05) is 0 Å². The van der Waals surface area contributed by atoms with Crippen molar-refractivity contribution in [3.63, 3.8) is 0 Å². The zero-order chi connectivity index (χ0) is 14.6. The number of carboxylic acid groups (broad SMARTS) is 1. The number of aromatic nitrogens is 1. The molecule has 0 fully saturated rings. The van der Waals surface area contributed by atoms with Gasteiger partial charge in [-0.2, -0.15) is 0 Å². The number of halogens is 4. The number of pyridine rings is 1. The molecule has 0 aliphatic heterocycles. The van der Waals surface area contributed by atoms with Gasteiger partial charge in [0.05, 0.1) is 25.1 Å². The highest BCUT2D eigenvalue weighted by molar-refractivity contribution is 6.17. The van der Waals surface area contributed by atoms with Crippen LogP contribution in [0.25, 0.3) is 0 Å². The van der Waals surface area contributed by atoms with Crippen LogP contribution in [0.2, 0.25) is 0 Å². The van der Waals surface area contributed by atoms with E-state index in [9.17, 15) is 18.0 Å². The van der Waals surface area contributed by atoms with Crippen molar-refractivity contribution in [2.45, 2.75) is 18.7 Å². The van der Waals surface area contributed by atoms with Gasteiger partial charge in [-0.05, 0) is 6.07 Å². The van der Waals surface area contributed by atoms with Gasteiger partial charge in [0.15, 0.2) is 5.75 Å². The molecule has 0 bridgehead atoms. The monoisotopic (exact) mass is 299 g/mol. The molecule has 0 aromatic carbocycles. The number of aliphatic carboxylic acids is 1. The van der Waals surface area contributed by atoms with Crippen LogP contribution in [-0.4, -0.2) is 29.5 Å². The molecule has 0 spiro atoms. The van der Waals surface area contributed by atoms with Gasteiger partial charge in [0.25, 0.3) is 5.88 Å². The Bertz CT molecular complexity index is 479. The SMILES string of the molecule is COc1c(CCl)cc(CC(=O)O)nc1OC(F)(F)F. The summed E-state index contributed by atoms with van der Waals surface area (Å²) in [6.07, 6.45) is -5.52. The van der Waals surface area contributed by atoms with E-state index in [4.69, 9.17) is 21.4 Å². The van der Waals surface area contributed by atoms with Crippen LogP contribution < -0.4 is 9.47 Å². The fraction of sp³-hybridized carbons (Fsp3) is 0.400. The minimum Gasteiger partial charge on any atom is -0.491 e. The van der Waals surface area contributed by atoms with Crippen LogP contribution in [0.4, 0.5) is 13.2 Å². The smallest absolute Gasteiger partial charge is 0.491 e. The molecule has 0 aliphatic rings. The standard InChI is InChI=1S/C10H9ClF3NO4/c1-18-8-5(4-11)2-6(3-7(16)17)15-9(8)19-10(12,13)14/h2H,3-4H2,1H3,(H,16,17). The first kappa shape index (κ1) is 15.4. The number of ether oxygens (including phenoxy) is 2. The van der Waals surface area contributed by atoms with E-state index in [2.05, 4.69) is 9.72 Å². The third-order valence-corrected chi connectivity index (χ3v) is 2.25. The Morgan fingerprint density at radius 3 is 2.58 bits per heavy atom. The average molecular weight is 300 g/mol. The Balaban J connectivity index is 3.27. The molecular formula is C10H9ClF3NO4. The number of alkyl halides is 4. The second kappa shape index (κ2) is 5.96. The Hall–Kier alpha value is -1.70. The van der Waals surface area contributed by atoms with Crippen molar-refractivity contribution < 1.29 is 32.5 Å². The molecule has 1 aromatic rings. The highest BCUT2D eigenvalue weighted by atomic mass is 35.5. The first-order valence-electron chi connectivity index (χ1n) is 4.87. The number of nitrogens with zero attached hydrogens (tertiary/aromatic N) is 1. The molecular weight excluding hydrogens is 291 g/mol. The molecule has 5 nitrogen and oxygen atoms in total. The third kappa shape index (κ3) is 4.47. The van der Waals surface area contributed by atoms with Gasteiger partial charge in [-0.3, -0.25) is 4.79 Å². The van der Waals surface area contributed by atoms with Crippen molar-refractivity contribution in [3.8, 4) is 11.6 Å². The Kier molecular flexibility index (Phi) is 4.82. The van der Waals surface area contributed by atoms with Gasteiger partial charge in [-0.15, -0.1) is 24.8 Å². The minimum absolute atomic E-state index is 0.108. The third-order valence-electron chi connectivity index (χ3n) is 1.96. The van der Waals surface area contributed by atoms with Crippen molar-refractivity contribution in [1.82, 2.24) is 4.98 Å². The van der Waals surface area contributed by atoms with Crippen LogP contribution in [0.3, 0.4) is 0 Å². The summed E-state index contributed by atoms with van der Waals surface area (Å²) in [4.78, 5) is 14.0. The first-order valence-corrected chi connectivity index (χ1v) is 5.40. The molecule has 1 aromatic heterocycles. The van der Waals surface area contributed by atoms with Crippen LogP contribution in [0.5, 0.6) is 11.6 Å². The lowest BCUT2D eigenvalue weighted by Gasteiger charge is -2.15. The fourth-order valence-electron chi connectivity index (χ4n) is 1.36. The summed E-state index contributed by atoms with van der Waals surface area (Å²) < 4.78 is 45.1. The number of hydrogen-bond donors (Lipinski definition) is 1. The Labute approximate surface area is 110 Å². The second-order valence-corrected chi connectivity index (χ2v) is 3.63. The first-order chi connectivity index (χ1) is 8.76. The summed E-state index contributed by atoms with van der Waals surface area (Å²) in [7, 11) is 1.13. The molecule has 106 valence electrons. The molecule has 9 heteroatoms. The maximum absolute atomic E-state index is 12.2. The predicted molar refractivity (Wildman–Crippen MR) is 58.4 cm³/mol. The lowest BCUT2D eigenvalue weighted by atomic mass is 10.2. The Morgan fingerprint density at radius 1 is 1.53 bits per heavy atom. The van der Waals surface area contributed by atoms with Crippen molar-refractivity contribution in [2.75, 3.05) is 7.11 Å². The topological polar surface area (TPSA) is 68.7 Å². The fourth-order valence-corrected chi connectivity index (χ4v) is 1.56. The van der Waals surface area contributed by atoms with E-state index in [1.165, 1.54) is 6.07 Å². The van der Waals surface area contributed by atoms with E-state index in [-0.39, 0.29) is 22.9 Å². The summed E-state index contributed by atoms with van der Waals surface area (Å²) in [5, 5.41) is 8.61. The number of methoxy groups -OCH3 is 1. The molecule has 0 saturated carbocycles. The van der Waals surface area contributed by atoms with E-state index >= 15 is 0 Å². The number of carboxylic acids is 1. The van der Waals surface area contributed by atoms with Gasteiger partial charge < -0.3 is 14.6 Å². The van der Waals surface area contributed by atoms with Crippen molar-refractivity contribution >= 4 is 17.6 Å². The molecule has 0 saturated heterocycles.